The summed E-state index contributed by atoms with van der Waals surface area (Å²) in [6.07, 6.45) is 6.94. The molecule has 1 aromatic carbocycles. The van der Waals surface area contributed by atoms with Gasteiger partial charge in [-0.1, -0.05) is 19.4 Å². The summed E-state index contributed by atoms with van der Waals surface area (Å²) in [6, 6.07) is 10.9. The zero-order valence-electron chi connectivity index (χ0n) is 12.0. The number of hydrogen-bond donors (Lipinski definition) is 1. The molecule has 0 radical (unpaired) electrons. The van der Waals surface area contributed by atoms with E-state index in [0.29, 0.717) is 0 Å². The van der Waals surface area contributed by atoms with Gasteiger partial charge in [0.2, 0.25) is 0 Å². The molecule has 1 fully saturated rings. The molecule has 106 valence electrons. The van der Waals surface area contributed by atoms with Crippen molar-refractivity contribution in [2.45, 2.75) is 44.8 Å². The number of hydrogen-bond acceptors (Lipinski definition) is 3. The number of aromatic nitrogens is 1. The van der Waals surface area contributed by atoms with Crippen molar-refractivity contribution in [3.8, 4) is 5.75 Å². The van der Waals surface area contributed by atoms with Gasteiger partial charge in [-0.25, -0.2) is 0 Å². The molecular weight excluding hydrogens is 248 g/mol. The lowest BCUT2D eigenvalue weighted by Gasteiger charge is -2.19. The Hall–Kier alpha value is -1.61. The van der Waals surface area contributed by atoms with Gasteiger partial charge in [-0.15, -0.1) is 0 Å². The van der Waals surface area contributed by atoms with Crippen LogP contribution in [0, 0.1) is 0 Å². The molecule has 1 N–H and O–H groups in total. The van der Waals surface area contributed by atoms with Crippen molar-refractivity contribution in [1.82, 2.24) is 10.3 Å². The molecule has 3 nitrogen and oxygen atoms in total. The monoisotopic (exact) mass is 270 g/mol. The highest BCUT2D eigenvalue weighted by molar-refractivity contribution is 5.79. The molecule has 3 rings (SSSR count). The van der Waals surface area contributed by atoms with E-state index in [4.69, 9.17) is 4.74 Å². The zero-order valence-corrected chi connectivity index (χ0v) is 12.0. The zero-order chi connectivity index (χ0) is 13.8. The first-order valence-electron chi connectivity index (χ1n) is 7.60. The van der Waals surface area contributed by atoms with Crippen LogP contribution < -0.4 is 10.1 Å². The minimum Gasteiger partial charge on any atom is -0.489 e. The molecule has 0 spiro atoms. The smallest absolute Gasteiger partial charge is 0.121 e. The maximum absolute atomic E-state index is 6.14. The molecule has 3 heteroatoms. The molecule has 1 saturated carbocycles. The third-order valence-electron chi connectivity index (χ3n) is 3.70. The Morgan fingerprint density at radius 3 is 3.05 bits per heavy atom. The first-order valence-corrected chi connectivity index (χ1v) is 7.60. The van der Waals surface area contributed by atoms with Crippen LogP contribution in [0.25, 0.3) is 10.9 Å². The maximum atomic E-state index is 6.14. The second kappa shape index (κ2) is 6.23. The highest BCUT2D eigenvalue weighted by atomic mass is 16.5. The van der Waals surface area contributed by atoms with Crippen molar-refractivity contribution in [2.75, 3.05) is 6.54 Å². The Balaban J connectivity index is 1.67. The first kappa shape index (κ1) is 13.4. The first-order chi connectivity index (χ1) is 9.85. The third kappa shape index (κ3) is 3.48. The quantitative estimate of drug-likeness (QED) is 0.835. The highest BCUT2D eigenvalue weighted by Crippen LogP contribution is 2.22. The van der Waals surface area contributed by atoms with Crippen molar-refractivity contribution in [2.24, 2.45) is 0 Å². The van der Waals surface area contributed by atoms with Crippen molar-refractivity contribution in [1.29, 1.82) is 0 Å². The van der Waals surface area contributed by atoms with E-state index in [1.807, 2.05) is 24.4 Å². The van der Waals surface area contributed by atoms with E-state index in [0.717, 1.165) is 42.1 Å². The van der Waals surface area contributed by atoms with Crippen LogP contribution in [0.2, 0.25) is 0 Å². The number of nitrogens with one attached hydrogen (secondary N) is 1. The van der Waals surface area contributed by atoms with Crippen LogP contribution in [-0.2, 0) is 0 Å². The molecule has 0 bridgehead atoms. The fourth-order valence-electron chi connectivity index (χ4n) is 2.42. The number of rotatable bonds is 7. The second-order valence-electron chi connectivity index (χ2n) is 5.57. The predicted molar refractivity (Wildman–Crippen MR) is 82.1 cm³/mol. The van der Waals surface area contributed by atoms with E-state index in [1.54, 1.807) is 0 Å². The van der Waals surface area contributed by atoms with Gasteiger partial charge in [0.15, 0.2) is 0 Å². The average molecular weight is 270 g/mol. The number of nitrogens with zero attached hydrogens (tertiary/aromatic N) is 1. The summed E-state index contributed by atoms with van der Waals surface area (Å²) in [6.45, 7) is 3.15. The molecule has 20 heavy (non-hydrogen) atoms. The Morgan fingerprint density at radius 2 is 2.25 bits per heavy atom. The van der Waals surface area contributed by atoms with Crippen molar-refractivity contribution in [3.63, 3.8) is 0 Å². The van der Waals surface area contributed by atoms with Gasteiger partial charge < -0.3 is 10.1 Å². The van der Waals surface area contributed by atoms with Gasteiger partial charge in [0.1, 0.15) is 11.9 Å². The van der Waals surface area contributed by atoms with E-state index >= 15 is 0 Å². The van der Waals surface area contributed by atoms with E-state index in [-0.39, 0.29) is 6.10 Å². The van der Waals surface area contributed by atoms with Crippen molar-refractivity contribution in [3.05, 3.63) is 36.5 Å². The summed E-state index contributed by atoms with van der Waals surface area (Å²) in [5, 5.41) is 4.71. The molecule has 1 aliphatic carbocycles. The van der Waals surface area contributed by atoms with Gasteiger partial charge in [0.25, 0.3) is 0 Å². The molecule has 1 atom stereocenters. The molecule has 1 aliphatic rings. The molecule has 0 saturated heterocycles. The number of ether oxygens (including phenoxy) is 1. The summed E-state index contributed by atoms with van der Waals surface area (Å²) in [4.78, 5) is 4.38. The molecular formula is C17H22N2O. The van der Waals surface area contributed by atoms with Crippen molar-refractivity contribution >= 4 is 10.9 Å². The number of benzene rings is 1. The molecule has 1 heterocycles. The van der Waals surface area contributed by atoms with E-state index in [2.05, 4.69) is 29.4 Å². The summed E-state index contributed by atoms with van der Waals surface area (Å²) in [7, 11) is 0. The van der Waals surface area contributed by atoms with E-state index in [1.165, 1.54) is 12.8 Å². The van der Waals surface area contributed by atoms with Crippen LogP contribution in [0.15, 0.2) is 36.5 Å². The molecule has 2 aromatic rings. The van der Waals surface area contributed by atoms with Gasteiger partial charge in [0.05, 0.1) is 5.52 Å². The molecule has 1 unspecified atom stereocenters. The van der Waals surface area contributed by atoms with Crippen molar-refractivity contribution < 1.29 is 4.74 Å². The maximum Gasteiger partial charge on any atom is 0.121 e. The number of pyridine rings is 1. The predicted octanol–water partition coefficient (Wildman–Crippen LogP) is 3.53. The van der Waals surface area contributed by atoms with E-state index < -0.39 is 0 Å². The fraction of sp³-hybridized carbons (Fsp3) is 0.471. The minimum absolute atomic E-state index is 0.252. The van der Waals surface area contributed by atoms with Gasteiger partial charge in [-0.05, 0) is 37.5 Å². The van der Waals surface area contributed by atoms with E-state index in [9.17, 15) is 0 Å². The lowest BCUT2D eigenvalue weighted by molar-refractivity contribution is 0.186. The standard InChI is InChI=1S/C17H22N2O/c1-2-4-16(12-19-14-7-8-14)20-15-9-6-13-5-3-10-18-17(13)11-15/h3,5-6,9-11,14,16,19H,2,4,7-8,12H2,1H3. The summed E-state index contributed by atoms with van der Waals surface area (Å²) in [5.41, 5.74) is 0.996. The largest absolute Gasteiger partial charge is 0.489 e. The van der Waals surface area contributed by atoms with Gasteiger partial charge in [-0.2, -0.15) is 0 Å². The summed E-state index contributed by atoms with van der Waals surface area (Å²) >= 11 is 0. The Labute approximate surface area is 120 Å². The Bertz CT molecular complexity index is 566. The molecule has 1 aromatic heterocycles. The second-order valence-corrected chi connectivity index (χ2v) is 5.57. The fourth-order valence-corrected chi connectivity index (χ4v) is 2.42. The molecule has 0 aliphatic heterocycles. The minimum atomic E-state index is 0.252. The average Bonchev–Trinajstić information content (AvgIpc) is 3.29. The van der Waals surface area contributed by atoms with Crippen LogP contribution in [0.3, 0.4) is 0 Å². The number of fused-ring (bicyclic) bond motifs is 1. The SMILES string of the molecule is CCCC(CNC1CC1)Oc1ccc2cccnc2c1. The van der Waals surface area contributed by atoms with Crippen LogP contribution in [0.1, 0.15) is 32.6 Å². The Morgan fingerprint density at radius 1 is 1.35 bits per heavy atom. The lowest BCUT2D eigenvalue weighted by Crippen LogP contribution is -2.32. The summed E-state index contributed by atoms with van der Waals surface area (Å²) in [5.74, 6) is 0.923. The van der Waals surface area contributed by atoms with Gasteiger partial charge in [0, 0.05) is 30.2 Å². The van der Waals surface area contributed by atoms with Crippen LogP contribution in [0.5, 0.6) is 5.75 Å². The van der Waals surface area contributed by atoms with Crippen LogP contribution in [0.4, 0.5) is 0 Å². The lowest BCUT2D eigenvalue weighted by atomic mass is 10.2. The van der Waals surface area contributed by atoms with Gasteiger partial charge >= 0.3 is 0 Å². The molecule has 0 amide bonds. The van der Waals surface area contributed by atoms with Crippen LogP contribution >= 0.6 is 0 Å². The Kier molecular flexibility index (Phi) is 4.16. The summed E-state index contributed by atoms with van der Waals surface area (Å²) < 4.78 is 6.14. The van der Waals surface area contributed by atoms with Gasteiger partial charge in [-0.3, -0.25) is 4.98 Å². The van der Waals surface area contributed by atoms with Crippen LogP contribution in [-0.4, -0.2) is 23.7 Å². The normalized spacial score (nSPS) is 16.2. The third-order valence-corrected chi connectivity index (χ3v) is 3.70. The topological polar surface area (TPSA) is 34.1 Å². The highest BCUT2D eigenvalue weighted by Gasteiger charge is 2.22.